The standard InChI is InChI=1S/C11H11ClN2O/c1-3-7(2)14-11(15)9-5-4-8(12)6-10(9)13-14/h3-7,13H,1H2,2H3. The van der Waals surface area contributed by atoms with E-state index in [1.807, 2.05) is 6.92 Å². The van der Waals surface area contributed by atoms with Gasteiger partial charge in [0.2, 0.25) is 0 Å². The molecule has 2 rings (SSSR count). The molecule has 15 heavy (non-hydrogen) atoms. The van der Waals surface area contributed by atoms with Crippen molar-refractivity contribution in [3.05, 3.63) is 46.2 Å². The third-order valence-corrected chi connectivity index (χ3v) is 2.66. The summed E-state index contributed by atoms with van der Waals surface area (Å²) in [4.78, 5) is 11.9. The number of allylic oxidation sites excluding steroid dienone is 1. The van der Waals surface area contributed by atoms with E-state index in [1.165, 1.54) is 4.68 Å². The summed E-state index contributed by atoms with van der Waals surface area (Å²) < 4.78 is 1.54. The summed E-state index contributed by atoms with van der Waals surface area (Å²) in [7, 11) is 0. The zero-order valence-corrected chi connectivity index (χ0v) is 9.08. The number of H-pyrrole nitrogens is 1. The molecular weight excluding hydrogens is 212 g/mol. The summed E-state index contributed by atoms with van der Waals surface area (Å²) in [5.74, 6) is 0. The average molecular weight is 223 g/mol. The maximum atomic E-state index is 11.9. The summed E-state index contributed by atoms with van der Waals surface area (Å²) in [5, 5.41) is 4.26. The van der Waals surface area contributed by atoms with Gasteiger partial charge in [0.15, 0.2) is 0 Å². The van der Waals surface area contributed by atoms with Crippen molar-refractivity contribution in [2.24, 2.45) is 0 Å². The molecule has 0 bridgehead atoms. The first-order valence-electron chi connectivity index (χ1n) is 4.66. The Kier molecular flexibility index (Phi) is 2.40. The number of aromatic amines is 1. The highest BCUT2D eigenvalue weighted by Crippen LogP contribution is 2.16. The molecule has 0 radical (unpaired) electrons. The van der Waals surface area contributed by atoms with E-state index in [1.54, 1.807) is 24.3 Å². The lowest BCUT2D eigenvalue weighted by molar-refractivity contribution is 0.570. The second kappa shape index (κ2) is 3.59. The second-order valence-corrected chi connectivity index (χ2v) is 3.89. The van der Waals surface area contributed by atoms with Gasteiger partial charge in [-0.25, -0.2) is 4.68 Å². The minimum atomic E-state index is -0.0522. The van der Waals surface area contributed by atoms with E-state index >= 15 is 0 Å². The van der Waals surface area contributed by atoms with Gasteiger partial charge in [0.05, 0.1) is 16.9 Å². The van der Waals surface area contributed by atoms with Crippen LogP contribution in [-0.4, -0.2) is 9.78 Å². The minimum absolute atomic E-state index is 0.0472. The zero-order chi connectivity index (χ0) is 11.0. The van der Waals surface area contributed by atoms with E-state index in [0.717, 1.165) is 5.52 Å². The smallest absolute Gasteiger partial charge is 0.274 e. The van der Waals surface area contributed by atoms with Crippen LogP contribution in [0, 0.1) is 0 Å². The molecule has 1 unspecified atom stereocenters. The van der Waals surface area contributed by atoms with Gasteiger partial charge in [-0.2, -0.15) is 0 Å². The van der Waals surface area contributed by atoms with Crippen molar-refractivity contribution in [2.45, 2.75) is 13.0 Å². The molecule has 78 valence electrons. The predicted octanol–water partition coefficient (Wildman–Crippen LogP) is 2.73. The molecule has 1 aromatic carbocycles. The number of benzene rings is 1. The normalized spacial score (nSPS) is 12.9. The van der Waals surface area contributed by atoms with Crippen LogP contribution in [0.15, 0.2) is 35.6 Å². The number of hydrogen-bond donors (Lipinski definition) is 1. The fourth-order valence-corrected chi connectivity index (χ4v) is 1.67. The first-order chi connectivity index (χ1) is 7.13. The van der Waals surface area contributed by atoms with Crippen LogP contribution in [0.4, 0.5) is 0 Å². The van der Waals surface area contributed by atoms with Crippen LogP contribution < -0.4 is 5.56 Å². The highest BCUT2D eigenvalue weighted by Gasteiger charge is 2.09. The number of rotatable bonds is 2. The summed E-state index contributed by atoms with van der Waals surface area (Å²) in [6, 6.07) is 5.12. The van der Waals surface area contributed by atoms with Crippen LogP contribution in [0.5, 0.6) is 0 Å². The Morgan fingerprint density at radius 2 is 2.33 bits per heavy atom. The Labute approximate surface area is 92.0 Å². The number of halogens is 1. The van der Waals surface area contributed by atoms with Crippen molar-refractivity contribution in [1.82, 2.24) is 9.78 Å². The first kappa shape index (κ1) is 10.1. The van der Waals surface area contributed by atoms with Crippen LogP contribution >= 0.6 is 11.6 Å². The Balaban J connectivity index is 2.74. The van der Waals surface area contributed by atoms with Crippen LogP contribution in [0.1, 0.15) is 13.0 Å². The largest absolute Gasteiger partial charge is 0.294 e. The van der Waals surface area contributed by atoms with Crippen molar-refractivity contribution in [2.75, 3.05) is 0 Å². The highest BCUT2D eigenvalue weighted by molar-refractivity contribution is 6.31. The van der Waals surface area contributed by atoms with Crippen molar-refractivity contribution < 1.29 is 0 Å². The number of nitrogens with one attached hydrogen (secondary N) is 1. The van der Waals surface area contributed by atoms with Crippen LogP contribution in [0.25, 0.3) is 10.9 Å². The monoisotopic (exact) mass is 222 g/mol. The maximum Gasteiger partial charge on any atom is 0.274 e. The van der Waals surface area contributed by atoms with E-state index in [9.17, 15) is 4.79 Å². The predicted molar refractivity (Wildman–Crippen MR) is 62.5 cm³/mol. The number of aromatic nitrogens is 2. The lowest BCUT2D eigenvalue weighted by atomic mass is 10.2. The molecule has 0 aliphatic rings. The lowest BCUT2D eigenvalue weighted by Crippen LogP contribution is -2.18. The van der Waals surface area contributed by atoms with Crippen LogP contribution in [0.2, 0.25) is 5.02 Å². The first-order valence-corrected chi connectivity index (χ1v) is 5.03. The van der Waals surface area contributed by atoms with Crippen molar-refractivity contribution >= 4 is 22.5 Å². The van der Waals surface area contributed by atoms with Gasteiger partial charge in [-0.3, -0.25) is 9.89 Å². The summed E-state index contributed by atoms with van der Waals surface area (Å²) in [6.07, 6.45) is 1.71. The molecule has 0 aliphatic heterocycles. The molecule has 0 aliphatic carbocycles. The number of hydrogen-bond acceptors (Lipinski definition) is 1. The molecule has 3 nitrogen and oxygen atoms in total. The van der Waals surface area contributed by atoms with E-state index < -0.39 is 0 Å². The molecule has 0 fully saturated rings. The average Bonchev–Trinajstić information content (AvgIpc) is 2.54. The fourth-order valence-electron chi connectivity index (χ4n) is 1.50. The van der Waals surface area contributed by atoms with Gasteiger partial charge >= 0.3 is 0 Å². The Bertz CT molecular complexity index is 567. The molecule has 2 aromatic rings. The van der Waals surface area contributed by atoms with Gasteiger partial charge in [-0.1, -0.05) is 17.7 Å². The highest BCUT2D eigenvalue weighted by atomic mass is 35.5. The molecule has 1 atom stereocenters. The second-order valence-electron chi connectivity index (χ2n) is 3.45. The molecular formula is C11H11ClN2O. The summed E-state index contributed by atoms with van der Waals surface area (Å²) >= 11 is 5.84. The maximum absolute atomic E-state index is 11.9. The zero-order valence-electron chi connectivity index (χ0n) is 8.33. The molecule has 4 heteroatoms. The topological polar surface area (TPSA) is 37.8 Å². The van der Waals surface area contributed by atoms with E-state index in [0.29, 0.717) is 10.4 Å². The van der Waals surface area contributed by atoms with Crippen LogP contribution in [0.3, 0.4) is 0 Å². The summed E-state index contributed by atoms with van der Waals surface area (Å²) in [5.41, 5.74) is 0.704. The Morgan fingerprint density at radius 3 is 3.00 bits per heavy atom. The van der Waals surface area contributed by atoms with Gasteiger partial charge in [0.25, 0.3) is 5.56 Å². The quantitative estimate of drug-likeness (QED) is 0.780. The lowest BCUT2D eigenvalue weighted by Gasteiger charge is -2.04. The van der Waals surface area contributed by atoms with Crippen molar-refractivity contribution in [3.63, 3.8) is 0 Å². The molecule has 1 aromatic heterocycles. The SMILES string of the molecule is C=CC(C)n1[nH]c2cc(Cl)ccc2c1=O. The molecule has 0 saturated carbocycles. The molecule has 0 amide bonds. The van der Waals surface area contributed by atoms with Crippen molar-refractivity contribution in [1.29, 1.82) is 0 Å². The Morgan fingerprint density at radius 1 is 1.60 bits per heavy atom. The van der Waals surface area contributed by atoms with E-state index in [4.69, 9.17) is 11.6 Å². The van der Waals surface area contributed by atoms with Gasteiger partial charge in [-0.15, -0.1) is 6.58 Å². The third-order valence-electron chi connectivity index (χ3n) is 2.42. The Hall–Kier alpha value is -1.48. The third kappa shape index (κ3) is 1.59. The van der Waals surface area contributed by atoms with E-state index in [2.05, 4.69) is 11.7 Å². The minimum Gasteiger partial charge on any atom is -0.294 e. The number of fused-ring (bicyclic) bond motifs is 1. The molecule has 1 N–H and O–H groups in total. The van der Waals surface area contributed by atoms with Gasteiger partial charge in [0, 0.05) is 5.02 Å². The van der Waals surface area contributed by atoms with Gasteiger partial charge in [-0.05, 0) is 25.1 Å². The fraction of sp³-hybridized carbons (Fsp3) is 0.182. The van der Waals surface area contributed by atoms with E-state index in [-0.39, 0.29) is 11.6 Å². The van der Waals surface area contributed by atoms with Gasteiger partial charge in [0.1, 0.15) is 0 Å². The summed E-state index contributed by atoms with van der Waals surface area (Å²) in [6.45, 7) is 5.55. The van der Waals surface area contributed by atoms with Gasteiger partial charge < -0.3 is 0 Å². The van der Waals surface area contributed by atoms with Crippen molar-refractivity contribution in [3.8, 4) is 0 Å². The molecule has 0 spiro atoms. The molecule has 1 heterocycles. The molecule has 0 saturated heterocycles. The van der Waals surface area contributed by atoms with Crippen LogP contribution in [-0.2, 0) is 0 Å². The number of nitrogens with zero attached hydrogens (tertiary/aromatic N) is 1.